The predicted molar refractivity (Wildman–Crippen MR) is 119 cm³/mol. The van der Waals surface area contributed by atoms with E-state index in [0.717, 1.165) is 16.8 Å². The monoisotopic (exact) mass is 462 g/mol. The zero-order valence-corrected chi connectivity index (χ0v) is 18.8. The van der Waals surface area contributed by atoms with Gasteiger partial charge in [-0.05, 0) is 38.8 Å². The molecule has 2 saturated heterocycles. The van der Waals surface area contributed by atoms with Gasteiger partial charge in [0.25, 0.3) is 0 Å². The molecule has 34 heavy (non-hydrogen) atoms. The summed E-state index contributed by atoms with van der Waals surface area (Å²) in [6, 6.07) is 0.479. The van der Waals surface area contributed by atoms with Gasteiger partial charge in [-0.2, -0.15) is 0 Å². The lowest BCUT2D eigenvalue weighted by Gasteiger charge is -2.55. The molecule has 11 nitrogen and oxygen atoms in total. The van der Waals surface area contributed by atoms with Gasteiger partial charge >= 0.3 is 6.03 Å². The molecule has 3 aliphatic rings. The van der Waals surface area contributed by atoms with Crippen LogP contribution in [0.2, 0.25) is 0 Å². The summed E-state index contributed by atoms with van der Waals surface area (Å²) in [4.78, 5) is 49.1. The van der Waals surface area contributed by atoms with Crippen molar-refractivity contribution in [1.82, 2.24) is 25.8 Å². The van der Waals surface area contributed by atoms with Crippen molar-refractivity contribution >= 4 is 34.5 Å². The van der Waals surface area contributed by atoms with E-state index in [1.165, 1.54) is 0 Å². The number of morpholine rings is 1. The number of urea groups is 1. The molecule has 1 spiro atoms. The zero-order chi connectivity index (χ0) is 23.8. The second-order valence-electron chi connectivity index (χ2n) is 9.14. The molecule has 3 aliphatic heterocycles. The van der Waals surface area contributed by atoms with Gasteiger partial charge in [-0.15, -0.1) is 0 Å². The van der Waals surface area contributed by atoms with E-state index in [-0.39, 0.29) is 12.5 Å². The molecule has 2 fully saturated rings. The summed E-state index contributed by atoms with van der Waals surface area (Å²) in [6.07, 6.45) is 4.27. The van der Waals surface area contributed by atoms with E-state index >= 15 is 0 Å². The molecule has 11 heteroatoms. The van der Waals surface area contributed by atoms with Gasteiger partial charge in [0.2, 0.25) is 11.8 Å². The molecule has 1 aromatic carbocycles. The highest BCUT2D eigenvalue weighted by atomic mass is 16.5. The Kier molecular flexibility index (Phi) is 4.31. The summed E-state index contributed by atoms with van der Waals surface area (Å²) in [5.41, 5.74) is 2.68. The largest absolute Gasteiger partial charge is 0.372 e. The molecule has 174 valence electrons. The number of carbonyl (C=O) groups is 3. The molecule has 3 atom stereocenters. The Hall–Kier alpha value is -3.86. The van der Waals surface area contributed by atoms with Crippen molar-refractivity contribution in [2.75, 3.05) is 11.4 Å². The smallest absolute Gasteiger partial charge is 0.328 e. The van der Waals surface area contributed by atoms with Crippen LogP contribution in [0.4, 0.5) is 10.5 Å². The maximum atomic E-state index is 13.3. The summed E-state index contributed by atoms with van der Waals surface area (Å²) in [6.45, 7) is 6.21. The fraction of sp³-hybridized carbons (Fsp3) is 0.391. The number of carbonyl (C=O) groups excluding carboxylic acids is 3. The molecule has 0 unspecified atom stereocenters. The molecule has 4 amide bonds. The van der Waals surface area contributed by atoms with Gasteiger partial charge in [-0.1, -0.05) is 5.16 Å². The van der Waals surface area contributed by atoms with Crippen LogP contribution in [0.25, 0.3) is 22.4 Å². The molecule has 3 aromatic rings. The first-order valence-electron chi connectivity index (χ1n) is 11.1. The summed E-state index contributed by atoms with van der Waals surface area (Å²) < 4.78 is 11.8. The van der Waals surface area contributed by atoms with Crippen molar-refractivity contribution in [1.29, 1.82) is 0 Å². The zero-order valence-electron chi connectivity index (χ0n) is 18.8. The number of anilines is 1. The Labute approximate surface area is 193 Å². The molecule has 2 aromatic heterocycles. The number of nitrogens with zero attached hydrogens (tertiary/aromatic N) is 4. The normalized spacial score (nSPS) is 25.7. The van der Waals surface area contributed by atoms with Crippen LogP contribution in [-0.4, -0.2) is 57.8 Å². The molecule has 6 rings (SSSR count). The molecule has 5 heterocycles. The number of imide groups is 2. The quantitative estimate of drug-likeness (QED) is 0.515. The summed E-state index contributed by atoms with van der Waals surface area (Å²) >= 11 is 0. The van der Waals surface area contributed by atoms with Gasteiger partial charge in [-0.3, -0.25) is 30.2 Å². The number of aromatic nitrogens is 3. The number of ether oxygens (including phenoxy) is 1. The van der Waals surface area contributed by atoms with Crippen LogP contribution in [-0.2, 0) is 20.7 Å². The van der Waals surface area contributed by atoms with Gasteiger partial charge in [0.15, 0.2) is 11.0 Å². The van der Waals surface area contributed by atoms with E-state index in [9.17, 15) is 14.4 Å². The number of rotatable bonds is 1. The van der Waals surface area contributed by atoms with E-state index in [2.05, 4.69) is 30.7 Å². The van der Waals surface area contributed by atoms with Crippen molar-refractivity contribution in [2.24, 2.45) is 5.41 Å². The Morgan fingerprint density at radius 2 is 1.91 bits per heavy atom. The van der Waals surface area contributed by atoms with Crippen molar-refractivity contribution in [3.05, 3.63) is 35.8 Å². The Morgan fingerprint density at radius 3 is 2.62 bits per heavy atom. The maximum Gasteiger partial charge on any atom is 0.328 e. The van der Waals surface area contributed by atoms with E-state index in [0.29, 0.717) is 28.9 Å². The average Bonchev–Trinajstić information content (AvgIpc) is 3.21. The van der Waals surface area contributed by atoms with Gasteiger partial charge in [0, 0.05) is 30.2 Å². The van der Waals surface area contributed by atoms with E-state index in [4.69, 9.17) is 9.26 Å². The second kappa shape index (κ2) is 7.07. The lowest BCUT2D eigenvalue weighted by Crippen LogP contribution is -2.75. The van der Waals surface area contributed by atoms with Crippen LogP contribution < -0.4 is 15.5 Å². The van der Waals surface area contributed by atoms with Crippen molar-refractivity contribution in [3.63, 3.8) is 0 Å². The molecular formula is C23H22N6O5. The minimum absolute atomic E-state index is 0.0956. The molecule has 2 N–H and O–H groups in total. The number of hydrogen-bond donors (Lipinski definition) is 2. The minimum Gasteiger partial charge on any atom is -0.372 e. The Bertz CT molecular complexity index is 1350. The maximum absolute atomic E-state index is 13.3. The van der Waals surface area contributed by atoms with Gasteiger partial charge in [0.05, 0.1) is 29.8 Å². The second-order valence-corrected chi connectivity index (χ2v) is 9.14. The third-order valence-corrected chi connectivity index (χ3v) is 7.06. The molecule has 0 radical (unpaired) electrons. The highest BCUT2D eigenvalue weighted by Gasteiger charge is 2.63. The van der Waals surface area contributed by atoms with Crippen molar-refractivity contribution in [2.45, 2.75) is 45.4 Å². The first kappa shape index (κ1) is 20.7. The molecule has 0 bridgehead atoms. The third-order valence-electron chi connectivity index (χ3n) is 7.06. The van der Waals surface area contributed by atoms with Crippen LogP contribution in [0.5, 0.6) is 0 Å². The van der Waals surface area contributed by atoms with E-state index in [1.54, 1.807) is 18.6 Å². The first-order chi connectivity index (χ1) is 16.3. The van der Waals surface area contributed by atoms with Crippen LogP contribution >= 0.6 is 0 Å². The molecule has 0 aliphatic carbocycles. The number of nitrogens with one attached hydrogen (secondary N) is 2. The molecule has 0 saturated carbocycles. The third kappa shape index (κ3) is 2.67. The fourth-order valence-electron chi connectivity index (χ4n) is 5.86. The molecular weight excluding hydrogens is 440 g/mol. The summed E-state index contributed by atoms with van der Waals surface area (Å²) in [5, 5.41) is 9.58. The Morgan fingerprint density at radius 1 is 1.15 bits per heavy atom. The topological polar surface area (TPSA) is 140 Å². The fourth-order valence-corrected chi connectivity index (χ4v) is 5.86. The SMILES string of the molecule is Cc1c2c(cc3c(-c4cnccn4)noc13)CC1(C(=O)NC(=O)NC1=O)[C@@H]1[C@@H](C)O[C@@H](C)CN21. The summed E-state index contributed by atoms with van der Waals surface area (Å²) in [5.74, 6) is -1.24. The van der Waals surface area contributed by atoms with Crippen LogP contribution in [0.15, 0.2) is 29.2 Å². The van der Waals surface area contributed by atoms with Crippen molar-refractivity contribution in [3.8, 4) is 11.4 Å². The minimum atomic E-state index is -1.54. The number of aryl methyl sites for hydroxylation is 1. The number of amides is 4. The average molecular weight is 462 g/mol. The number of barbiturate groups is 1. The highest BCUT2D eigenvalue weighted by Crippen LogP contribution is 2.49. The number of benzene rings is 1. The number of hydrogen-bond acceptors (Lipinski definition) is 9. The van der Waals surface area contributed by atoms with Crippen LogP contribution in [0.3, 0.4) is 0 Å². The lowest BCUT2D eigenvalue weighted by molar-refractivity contribution is -0.153. The predicted octanol–water partition coefficient (Wildman–Crippen LogP) is 1.48. The first-order valence-corrected chi connectivity index (χ1v) is 11.1. The van der Waals surface area contributed by atoms with Gasteiger partial charge < -0.3 is 14.2 Å². The number of fused-ring (bicyclic) bond motifs is 5. The highest BCUT2D eigenvalue weighted by molar-refractivity contribution is 6.20. The van der Waals surface area contributed by atoms with Gasteiger partial charge in [0.1, 0.15) is 11.4 Å². The standard InChI is InChI=1S/C23H22N6O5/c1-10-9-29-17-11(2)18-14(16(28-34-18)15-8-24-4-5-25-15)6-13(17)7-23(19(29)12(3)33-10)20(30)26-22(32)27-21(23)31/h4-6,8,10,12,19H,7,9H2,1-3H3,(H2,26,27,30,31,32)/t10-,12+,19-/m0/s1. The van der Waals surface area contributed by atoms with Crippen LogP contribution in [0, 0.1) is 12.3 Å². The summed E-state index contributed by atoms with van der Waals surface area (Å²) in [7, 11) is 0. The van der Waals surface area contributed by atoms with E-state index < -0.39 is 35.4 Å². The van der Waals surface area contributed by atoms with Crippen molar-refractivity contribution < 1.29 is 23.6 Å². The van der Waals surface area contributed by atoms with E-state index in [1.807, 2.05) is 26.8 Å². The lowest BCUT2D eigenvalue weighted by atomic mass is 9.66. The Balaban J connectivity index is 1.61. The van der Waals surface area contributed by atoms with Gasteiger partial charge in [-0.25, -0.2) is 4.79 Å². The van der Waals surface area contributed by atoms with Crippen LogP contribution in [0.1, 0.15) is 25.0 Å².